The number of aliphatic hydroxyl groups is 1. The van der Waals surface area contributed by atoms with Gasteiger partial charge < -0.3 is 15.2 Å². The van der Waals surface area contributed by atoms with Crippen molar-refractivity contribution in [2.45, 2.75) is 24.7 Å². The third kappa shape index (κ3) is 3.70. The Labute approximate surface area is 168 Å². The summed E-state index contributed by atoms with van der Waals surface area (Å²) in [5.41, 5.74) is 1.45. The standard InChI is InChI=1S/C20H23ClN4O3/c21-14-1-2-17-16(11-14)20(19(27)24-17)4-6-25(7-5-20)8-10-28-15-12-22-18(3-9-26)23-13-15/h1-2,11-13,26H,3-10H2,(H,24,27). The van der Waals surface area contributed by atoms with Gasteiger partial charge in [-0.1, -0.05) is 11.6 Å². The van der Waals surface area contributed by atoms with E-state index in [1.807, 2.05) is 18.2 Å². The predicted molar refractivity (Wildman–Crippen MR) is 106 cm³/mol. The van der Waals surface area contributed by atoms with Gasteiger partial charge in [-0.3, -0.25) is 9.69 Å². The second-order valence-electron chi connectivity index (χ2n) is 7.22. The van der Waals surface area contributed by atoms with Crippen LogP contribution in [0.3, 0.4) is 0 Å². The maximum absolute atomic E-state index is 12.7. The van der Waals surface area contributed by atoms with Crippen LogP contribution in [0.15, 0.2) is 30.6 Å². The van der Waals surface area contributed by atoms with Crippen molar-refractivity contribution in [3.63, 3.8) is 0 Å². The van der Waals surface area contributed by atoms with Gasteiger partial charge in [-0.15, -0.1) is 0 Å². The maximum Gasteiger partial charge on any atom is 0.235 e. The normalized spacial score (nSPS) is 18.1. The van der Waals surface area contributed by atoms with Crippen LogP contribution in [-0.4, -0.2) is 58.7 Å². The summed E-state index contributed by atoms with van der Waals surface area (Å²) in [4.78, 5) is 23.3. The van der Waals surface area contributed by atoms with Gasteiger partial charge in [0.1, 0.15) is 12.4 Å². The van der Waals surface area contributed by atoms with Crippen molar-refractivity contribution in [1.82, 2.24) is 14.9 Å². The van der Waals surface area contributed by atoms with Crippen molar-refractivity contribution in [3.8, 4) is 5.75 Å². The highest BCUT2D eigenvalue weighted by atomic mass is 35.5. The van der Waals surface area contributed by atoms with Crippen LogP contribution in [-0.2, 0) is 16.6 Å². The number of likely N-dealkylation sites (tertiary alicyclic amines) is 1. The first-order chi connectivity index (χ1) is 13.6. The van der Waals surface area contributed by atoms with E-state index < -0.39 is 5.41 Å². The third-order valence-corrected chi connectivity index (χ3v) is 5.82. The minimum atomic E-state index is -0.464. The number of ether oxygens (including phenoxy) is 1. The Bertz CT molecular complexity index is 851. The molecule has 0 aliphatic carbocycles. The van der Waals surface area contributed by atoms with Crippen LogP contribution in [0.25, 0.3) is 0 Å². The number of amides is 1. The number of carbonyl (C=O) groups is 1. The smallest absolute Gasteiger partial charge is 0.235 e. The van der Waals surface area contributed by atoms with E-state index in [0.717, 1.165) is 43.7 Å². The fourth-order valence-corrected chi connectivity index (χ4v) is 4.15. The Morgan fingerprint density at radius 3 is 2.71 bits per heavy atom. The molecule has 148 valence electrons. The number of hydrogen-bond acceptors (Lipinski definition) is 6. The lowest BCUT2D eigenvalue weighted by Gasteiger charge is -2.37. The van der Waals surface area contributed by atoms with Crippen LogP contribution in [0, 0.1) is 0 Å². The molecule has 8 heteroatoms. The lowest BCUT2D eigenvalue weighted by atomic mass is 9.73. The lowest BCUT2D eigenvalue weighted by molar-refractivity contribution is -0.122. The van der Waals surface area contributed by atoms with Gasteiger partial charge in [0, 0.05) is 23.7 Å². The zero-order chi connectivity index (χ0) is 19.6. The molecular formula is C20H23ClN4O3. The Morgan fingerprint density at radius 1 is 1.25 bits per heavy atom. The molecule has 1 saturated heterocycles. The summed E-state index contributed by atoms with van der Waals surface area (Å²) in [6.07, 6.45) is 5.24. The molecule has 1 spiro atoms. The second kappa shape index (κ2) is 8.03. The molecule has 2 aliphatic heterocycles. The average Bonchev–Trinajstić information content (AvgIpc) is 2.96. The molecule has 0 saturated carbocycles. The van der Waals surface area contributed by atoms with Crippen molar-refractivity contribution >= 4 is 23.2 Å². The van der Waals surface area contributed by atoms with Crippen LogP contribution >= 0.6 is 11.6 Å². The fraction of sp³-hybridized carbons (Fsp3) is 0.450. The van der Waals surface area contributed by atoms with Crippen LogP contribution in [0.4, 0.5) is 5.69 Å². The number of halogens is 1. The molecule has 7 nitrogen and oxygen atoms in total. The van der Waals surface area contributed by atoms with Crippen molar-refractivity contribution in [1.29, 1.82) is 0 Å². The molecule has 2 aliphatic rings. The number of aliphatic hydroxyl groups excluding tert-OH is 1. The fourth-order valence-electron chi connectivity index (χ4n) is 3.98. The van der Waals surface area contributed by atoms with Gasteiger partial charge in [-0.2, -0.15) is 0 Å². The quantitative estimate of drug-likeness (QED) is 0.768. The molecular weight excluding hydrogens is 380 g/mol. The molecule has 28 heavy (non-hydrogen) atoms. The number of anilines is 1. The number of aromatic nitrogens is 2. The summed E-state index contributed by atoms with van der Waals surface area (Å²) in [5.74, 6) is 1.31. The van der Waals surface area contributed by atoms with Crippen LogP contribution < -0.4 is 10.1 Å². The molecule has 2 aromatic rings. The van der Waals surface area contributed by atoms with Gasteiger partial charge in [0.15, 0.2) is 5.75 Å². The monoisotopic (exact) mass is 402 g/mol. The largest absolute Gasteiger partial charge is 0.489 e. The summed E-state index contributed by atoms with van der Waals surface area (Å²) >= 11 is 6.17. The first-order valence-corrected chi connectivity index (χ1v) is 9.87. The Kier molecular flexibility index (Phi) is 5.48. The van der Waals surface area contributed by atoms with E-state index in [9.17, 15) is 4.79 Å². The van der Waals surface area contributed by atoms with Gasteiger partial charge in [0.05, 0.1) is 24.4 Å². The molecule has 0 atom stereocenters. The van der Waals surface area contributed by atoms with E-state index in [1.165, 1.54) is 0 Å². The molecule has 1 aromatic carbocycles. The van der Waals surface area contributed by atoms with Crippen molar-refractivity contribution in [3.05, 3.63) is 47.0 Å². The Hall–Kier alpha value is -2.22. The third-order valence-electron chi connectivity index (χ3n) is 5.58. The summed E-state index contributed by atoms with van der Waals surface area (Å²) in [6, 6.07) is 5.62. The number of nitrogens with one attached hydrogen (secondary N) is 1. The number of nitrogens with zero attached hydrogens (tertiary/aromatic N) is 3. The summed E-state index contributed by atoms with van der Waals surface area (Å²) < 4.78 is 5.73. The van der Waals surface area contributed by atoms with E-state index in [1.54, 1.807) is 12.4 Å². The molecule has 0 unspecified atom stereocenters. The molecule has 1 amide bonds. The molecule has 3 heterocycles. The van der Waals surface area contributed by atoms with E-state index in [2.05, 4.69) is 20.2 Å². The minimum absolute atomic E-state index is 0.0331. The lowest BCUT2D eigenvalue weighted by Crippen LogP contribution is -2.47. The number of carbonyl (C=O) groups excluding carboxylic acids is 1. The highest BCUT2D eigenvalue weighted by molar-refractivity contribution is 6.31. The van der Waals surface area contributed by atoms with Crippen molar-refractivity contribution in [2.24, 2.45) is 0 Å². The predicted octanol–water partition coefficient (Wildman–Crippen LogP) is 2.03. The van der Waals surface area contributed by atoms with Gasteiger partial charge in [-0.25, -0.2) is 9.97 Å². The van der Waals surface area contributed by atoms with Crippen molar-refractivity contribution in [2.75, 3.05) is 38.2 Å². The molecule has 2 N–H and O–H groups in total. The van der Waals surface area contributed by atoms with E-state index >= 15 is 0 Å². The van der Waals surface area contributed by atoms with E-state index in [-0.39, 0.29) is 12.5 Å². The summed E-state index contributed by atoms with van der Waals surface area (Å²) in [7, 11) is 0. The highest BCUT2D eigenvalue weighted by Gasteiger charge is 2.48. The summed E-state index contributed by atoms with van der Waals surface area (Å²) in [5, 5.41) is 12.6. The Balaban J connectivity index is 1.30. The second-order valence-corrected chi connectivity index (χ2v) is 7.66. The summed E-state index contributed by atoms with van der Waals surface area (Å²) in [6.45, 7) is 3.00. The van der Waals surface area contributed by atoms with Crippen LogP contribution in [0.5, 0.6) is 5.75 Å². The van der Waals surface area contributed by atoms with Crippen molar-refractivity contribution < 1.29 is 14.6 Å². The molecule has 1 aromatic heterocycles. The average molecular weight is 403 g/mol. The van der Waals surface area contributed by atoms with Crippen LogP contribution in [0.1, 0.15) is 24.2 Å². The van der Waals surface area contributed by atoms with E-state index in [0.29, 0.717) is 29.6 Å². The zero-order valence-corrected chi connectivity index (χ0v) is 16.3. The Morgan fingerprint density at radius 2 is 2.00 bits per heavy atom. The number of fused-ring (bicyclic) bond motifs is 2. The first kappa shape index (κ1) is 19.1. The molecule has 0 radical (unpaired) electrons. The van der Waals surface area contributed by atoms with Gasteiger partial charge in [0.2, 0.25) is 5.91 Å². The molecule has 1 fully saturated rings. The molecule has 0 bridgehead atoms. The van der Waals surface area contributed by atoms with Gasteiger partial charge in [0.25, 0.3) is 0 Å². The molecule has 4 rings (SSSR count). The van der Waals surface area contributed by atoms with Gasteiger partial charge >= 0.3 is 0 Å². The number of rotatable bonds is 6. The zero-order valence-electron chi connectivity index (χ0n) is 15.5. The number of piperidine rings is 1. The number of hydrogen-bond donors (Lipinski definition) is 2. The highest BCUT2D eigenvalue weighted by Crippen LogP contribution is 2.45. The first-order valence-electron chi connectivity index (χ1n) is 9.49. The maximum atomic E-state index is 12.7. The van der Waals surface area contributed by atoms with Crippen LogP contribution in [0.2, 0.25) is 5.02 Å². The topological polar surface area (TPSA) is 87.6 Å². The SMILES string of the molecule is O=C1Nc2ccc(Cl)cc2C12CCN(CCOc1cnc(CCO)nc1)CC2. The van der Waals surface area contributed by atoms with Gasteiger partial charge in [-0.05, 0) is 49.7 Å². The number of benzene rings is 1. The van der Waals surface area contributed by atoms with E-state index in [4.69, 9.17) is 21.4 Å². The minimum Gasteiger partial charge on any atom is -0.489 e.